The van der Waals surface area contributed by atoms with Crippen LogP contribution in [-0.2, 0) is 21.5 Å². The summed E-state index contributed by atoms with van der Waals surface area (Å²) in [6, 6.07) is 13.2. The summed E-state index contributed by atoms with van der Waals surface area (Å²) >= 11 is 0. The number of fused-ring (bicyclic) bond motifs is 1. The molecule has 8 heteroatoms. The van der Waals surface area contributed by atoms with Crippen LogP contribution in [0, 0.1) is 0 Å². The molecule has 2 rings (SSSR count). The molecule has 0 radical (unpaired) electrons. The van der Waals surface area contributed by atoms with Crippen molar-refractivity contribution in [3.05, 3.63) is 48.0 Å². The van der Waals surface area contributed by atoms with Gasteiger partial charge in [-0.1, -0.05) is 42.5 Å². The van der Waals surface area contributed by atoms with E-state index in [-0.39, 0.29) is 6.61 Å². The summed E-state index contributed by atoms with van der Waals surface area (Å²) in [4.78, 5) is 11.6. The smallest absolute Gasteiger partial charge is 0.416 e. The zero-order valence-electron chi connectivity index (χ0n) is 12.5. The molecule has 23 heavy (non-hydrogen) atoms. The van der Waals surface area contributed by atoms with Gasteiger partial charge in [-0.3, -0.25) is 0 Å². The second-order valence-electron chi connectivity index (χ2n) is 4.92. The molecule has 0 saturated carbocycles. The van der Waals surface area contributed by atoms with Crippen LogP contribution < -0.4 is 0 Å². The molecule has 2 aromatic carbocycles. The van der Waals surface area contributed by atoms with Crippen molar-refractivity contribution < 1.29 is 31.1 Å². The van der Waals surface area contributed by atoms with Crippen LogP contribution in [0.3, 0.4) is 0 Å². The van der Waals surface area contributed by atoms with Crippen molar-refractivity contribution in [3.63, 3.8) is 0 Å². The van der Waals surface area contributed by atoms with E-state index in [1.807, 2.05) is 42.5 Å². The van der Waals surface area contributed by atoms with Crippen LogP contribution in [0.1, 0.15) is 12.5 Å². The van der Waals surface area contributed by atoms with E-state index >= 15 is 0 Å². The van der Waals surface area contributed by atoms with E-state index in [0.29, 0.717) is 6.42 Å². The second-order valence-corrected chi connectivity index (χ2v) is 6.39. The van der Waals surface area contributed by atoms with Crippen molar-refractivity contribution in [3.8, 4) is 0 Å². The third kappa shape index (κ3) is 3.49. The van der Waals surface area contributed by atoms with Gasteiger partial charge in [0.15, 0.2) is 0 Å². The number of benzene rings is 2. The van der Waals surface area contributed by atoms with E-state index in [2.05, 4.69) is 0 Å². The molecular weight excluding hydrogens is 325 g/mol. The number of nitrogens with zero attached hydrogens (tertiary/aromatic N) is 1. The molecule has 0 saturated heterocycles. The first-order chi connectivity index (χ1) is 10.8. The van der Waals surface area contributed by atoms with E-state index in [1.165, 1.54) is 0 Å². The molecule has 0 heterocycles. The van der Waals surface area contributed by atoms with Crippen molar-refractivity contribution >= 4 is 27.2 Å². The maximum Gasteiger partial charge on any atom is 0.574 e. The Morgan fingerprint density at radius 1 is 1.22 bits per heavy atom. The summed E-state index contributed by atoms with van der Waals surface area (Å²) in [7, 11) is -5.25. The van der Waals surface area contributed by atoms with Gasteiger partial charge in [0, 0.05) is 10.9 Å². The van der Waals surface area contributed by atoms with Gasteiger partial charge < -0.3 is 4.74 Å². The Balaban J connectivity index is 2.09. The number of carbonyl (C=O) groups excluding carboxylic acids is 1. The summed E-state index contributed by atoms with van der Waals surface area (Å²) < 4.78 is 46.8. The number of ether oxygens (including phenoxy) is 1. The number of carbonyl (C=O) groups is 1. The van der Waals surface area contributed by atoms with Gasteiger partial charge in [0.05, 0.1) is 4.11 Å². The summed E-state index contributed by atoms with van der Waals surface area (Å²) in [5.74, 6) is 0. The molecule has 1 atom stereocenters. The first kappa shape index (κ1) is 17.3. The van der Waals surface area contributed by atoms with Gasteiger partial charge >= 0.3 is 16.4 Å². The predicted octanol–water partition coefficient (Wildman–Crippen LogP) is 3.04. The number of hydrogen-bond donors (Lipinski definition) is 1. The van der Waals surface area contributed by atoms with Crippen molar-refractivity contribution in [2.24, 2.45) is 0 Å². The molecule has 1 unspecified atom stereocenters. The molecular formula is C15H17FNO5S+. The Labute approximate surface area is 133 Å². The third-order valence-electron chi connectivity index (χ3n) is 3.52. The number of halogens is 1. The lowest BCUT2D eigenvalue weighted by Gasteiger charge is -2.16. The van der Waals surface area contributed by atoms with Crippen LogP contribution in [0.4, 0.5) is 9.28 Å². The van der Waals surface area contributed by atoms with Crippen molar-refractivity contribution in [1.29, 1.82) is 0 Å². The highest BCUT2D eigenvalue weighted by molar-refractivity contribution is 7.80. The summed E-state index contributed by atoms with van der Waals surface area (Å²) in [6.45, 7) is 0.123. The van der Waals surface area contributed by atoms with Crippen LogP contribution >= 0.6 is 0 Å². The molecule has 0 bridgehead atoms. The normalized spacial score (nSPS) is 14.4. The lowest BCUT2D eigenvalue weighted by atomic mass is 10.0. The van der Waals surface area contributed by atoms with Gasteiger partial charge in [-0.15, -0.1) is 8.42 Å². The topological polar surface area (TPSA) is 80.7 Å². The van der Waals surface area contributed by atoms with Gasteiger partial charge in [-0.05, 0) is 23.3 Å². The molecule has 0 aliphatic rings. The van der Waals surface area contributed by atoms with Gasteiger partial charge in [0.2, 0.25) is 0 Å². The molecule has 1 N–H and O–H groups in total. The average molecular weight is 342 g/mol. The first-order valence-electron chi connectivity index (χ1n) is 6.99. The quantitative estimate of drug-likeness (QED) is 0.667. The molecule has 1 amide bonds. The standard InChI is InChI=1S/C15H16FNO5S/c1-2-17(16,23(19,20)21)15(18)22-11-10-13-8-5-7-12-6-3-4-9-14(12)13/h3-9H,2,10-11H2,1H3/p+1. The number of amides is 1. The van der Waals surface area contributed by atoms with E-state index in [4.69, 9.17) is 9.29 Å². The molecule has 0 aromatic heterocycles. The van der Waals surface area contributed by atoms with E-state index in [9.17, 15) is 17.7 Å². The van der Waals surface area contributed by atoms with Gasteiger partial charge in [-0.2, -0.15) is 4.79 Å². The van der Waals surface area contributed by atoms with Crippen LogP contribution in [0.5, 0.6) is 0 Å². The van der Waals surface area contributed by atoms with Crippen LogP contribution in [0.25, 0.3) is 10.8 Å². The fourth-order valence-electron chi connectivity index (χ4n) is 2.24. The third-order valence-corrected chi connectivity index (χ3v) is 4.66. The maximum atomic E-state index is 14.0. The number of rotatable bonds is 5. The van der Waals surface area contributed by atoms with Crippen LogP contribution in [0.15, 0.2) is 42.5 Å². The second kappa shape index (κ2) is 6.61. The predicted molar refractivity (Wildman–Crippen MR) is 82.5 cm³/mol. The monoisotopic (exact) mass is 342 g/mol. The Bertz CT molecular complexity index is 818. The summed E-state index contributed by atoms with van der Waals surface area (Å²) in [6.07, 6.45) is -1.36. The maximum absolute atomic E-state index is 14.0. The Morgan fingerprint density at radius 3 is 2.52 bits per heavy atom. The van der Waals surface area contributed by atoms with Crippen molar-refractivity contribution in [2.45, 2.75) is 13.3 Å². The fraction of sp³-hybridized carbons (Fsp3) is 0.267. The Morgan fingerprint density at radius 2 is 1.87 bits per heavy atom. The minimum atomic E-state index is -5.25. The summed E-state index contributed by atoms with van der Waals surface area (Å²) in [5, 5.41) is 1.98. The number of quaternary nitrogens is 1. The number of hydrogen-bond acceptors (Lipinski definition) is 4. The fourth-order valence-corrected chi connectivity index (χ4v) is 2.81. The SMILES string of the molecule is CC[N+](F)(C(=O)OCCc1cccc2ccccc12)S(=O)(=O)O. The van der Waals surface area contributed by atoms with Crippen LogP contribution in [0.2, 0.25) is 0 Å². The molecule has 0 spiro atoms. The van der Waals surface area contributed by atoms with Crippen molar-refractivity contribution in [2.75, 3.05) is 13.2 Å². The largest absolute Gasteiger partial charge is 0.574 e. The highest BCUT2D eigenvalue weighted by Crippen LogP contribution is 2.20. The summed E-state index contributed by atoms with van der Waals surface area (Å²) in [5.41, 5.74) is 0.885. The zero-order chi connectivity index (χ0) is 17.1. The van der Waals surface area contributed by atoms with Gasteiger partial charge in [0.1, 0.15) is 13.2 Å². The molecule has 6 nitrogen and oxygen atoms in total. The highest BCUT2D eigenvalue weighted by atomic mass is 32.2. The highest BCUT2D eigenvalue weighted by Gasteiger charge is 2.52. The van der Waals surface area contributed by atoms with Crippen molar-refractivity contribution in [1.82, 2.24) is 0 Å². The Hall–Kier alpha value is -2.03. The Kier molecular flexibility index (Phi) is 4.98. The van der Waals surface area contributed by atoms with E-state index in [1.54, 1.807) is 0 Å². The minimum absolute atomic E-state index is 0.202. The molecule has 0 aliphatic carbocycles. The molecule has 0 aliphatic heterocycles. The average Bonchev–Trinajstić information content (AvgIpc) is 2.53. The first-order valence-corrected chi connectivity index (χ1v) is 8.38. The minimum Gasteiger partial charge on any atom is -0.416 e. The molecule has 0 fully saturated rings. The van der Waals surface area contributed by atoms with E-state index in [0.717, 1.165) is 23.3 Å². The lowest BCUT2D eigenvalue weighted by Crippen LogP contribution is -2.50. The van der Waals surface area contributed by atoms with Crippen LogP contribution in [-0.4, -0.2) is 36.3 Å². The molecule has 124 valence electrons. The van der Waals surface area contributed by atoms with E-state index < -0.39 is 27.1 Å². The van der Waals surface area contributed by atoms with Gasteiger partial charge in [-0.25, -0.2) is 4.55 Å². The lowest BCUT2D eigenvalue weighted by molar-refractivity contribution is -0.885. The zero-order valence-corrected chi connectivity index (χ0v) is 13.3. The van der Waals surface area contributed by atoms with Gasteiger partial charge in [0.25, 0.3) is 0 Å². The molecule has 2 aromatic rings.